The highest BCUT2D eigenvalue weighted by molar-refractivity contribution is 6.00. The van der Waals surface area contributed by atoms with Crippen LogP contribution in [0.3, 0.4) is 0 Å². The van der Waals surface area contributed by atoms with Crippen molar-refractivity contribution in [3.05, 3.63) is 34.4 Å². The van der Waals surface area contributed by atoms with Crippen molar-refractivity contribution in [2.45, 2.75) is 47.1 Å². The van der Waals surface area contributed by atoms with Gasteiger partial charge in [0, 0.05) is 12.1 Å². The van der Waals surface area contributed by atoms with E-state index in [9.17, 15) is 9.90 Å². The van der Waals surface area contributed by atoms with Gasteiger partial charge >= 0.3 is 0 Å². The van der Waals surface area contributed by atoms with Crippen LogP contribution in [0.5, 0.6) is 0 Å². The summed E-state index contributed by atoms with van der Waals surface area (Å²) in [7, 11) is 0. The Kier molecular flexibility index (Phi) is 5.49. The first-order valence-electron chi connectivity index (χ1n) is 7.20. The summed E-state index contributed by atoms with van der Waals surface area (Å²) in [5.74, 6) is 0.131. The highest BCUT2D eigenvalue weighted by Gasteiger charge is 2.21. The monoisotopic (exact) mass is 277 g/mol. The maximum atomic E-state index is 12.5. The summed E-state index contributed by atoms with van der Waals surface area (Å²) in [6, 6.07) is 4.10. The van der Waals surface area contributed by atoms with E-state index >= 15 is 0 Å². The Morgan fingerprint density at radius 2 is 1.70 bits per heavy atom. The van der Waals surface area contributed by atoms with E-state index in [1.807, 2.05) is 44.7 Å². The van der Waals surface area contributed by atoms with E-state index in [1.165, 1.54) is 5.56 Å². The fourth-order valence-electron chi connectivity index (χ4n) is 2.73. The van der Waals surface area contributed by atoms with Crippen LogP contribution in [0, 0.1) is 20.8 Å². The lowest BCUT2D eigenvalue weighted by molar-refractivity contribution is 0.0376. The standard InChI is InChI=1S/C17H27NO2/c1-7-18(11-17(5,6)20)10-15(19)16-13(3)8-12(2)9-14(16)4/h8-9,20H,7,10-11H2,1-6H3. The number of benzene rings is 1. The molecule has 3 nitrogen and oxygen atoms in total. The summed E-state index contributed by atoms with van der Waals surface area (Å²) >= 11 is 0. The molecule has 0 saturated carbocycles. The third-order valence-electron chi connectivity index (χ3n) is 3.38. The molecule has 0 atom stereocenters. The van der Waals surface area contributed by atoms with Crippen LogP contribution in [0.1, 0.15) is 47.8 Å². The fraction of sp³-hybridized carbons (Fsp3) is 0.588. The van der Waals surface area contributed by atoms with Crippen molar-refractivity contribution in [2.75, 3.05) is 19.6 Å². The number of carbonyl (C=O) groups is 1. The molecule has 0 spiro atoms. The summed E-state index contributed by atoms with van der Waals surface area (Å²) in [5, 5.41) is 9.90. The normalized spacial score (nSPS) is 12.0. The second-order valence-corrected chi connectivity index (χ2v) is 6.31. The van der Waals surface area contributed by atoms with Gasteiger partial charge in [-0.15, -0.1) is 0 Å². The molecular weight excluding hydrogens is 250 g/mol. The number of likely N-dealkylation sites (N-methyl/N-ethyl adjacent to an activating group) is 1. The van der Waals surface area contributed by atoms with Crippen LogP contribution in [0.4, 0.5) is 0 Å². The lowest BCUT2D eigenvalue weighted by atomic mass is 9.96. The molecule has 1 rings (SSSR count). The van der Waals surface area contributed by atoms with Crippen LogP contribution in [0.25, 0.3) is 0 Å². The van der Waals surface area contributed by atoms with Gasteiger partial charge < -0.3 is 5.11 Å². The Morgan fingerprint density at radius 3 is 2.10 bits per heavy atom. The Morgan fingerprint density at radius 1 is 1.20 bits per heavy atom. The van der Waals surface area contributed by atoms with Crippen molar-refractivity contribution in [1.82, 2.24) is 4.90 Å². The molecule has 0 aliphatic carbocycles. The molecule has 3 heteroatoms. The van der Waals surface area contributed by atoms with Crippen molar-refractivity contribution in [3.63, 3.8) is 0 Å². The minimum Gasteiger partial charge on any atom is -0.389 e. The van der Waals surface area contributed by atoms with Crippen LogP contribution in [0.15, 0.2) is 12.1 Å². The quantitative estimate of drug-likeness (QED) is 0.813. The number of ketones is 1. The summed E-state index contributed by atoms with van der Waals surface area (Å²) in [6.45, 7) is 13.2. The minimum absolute atomic E-state index is 0.131. The first-order chi connectivity index (χ1) is 9.14. The van der Waals surface area contributed by atoms with E-state index in [0.717, 1.165) is 23.2 Å². The van der Waals surface area contributed by atoms with Crippen molar-refractivity contribution in [2.24, 2.45) is 0 Å². The minimum atomic E-state index is -0.784. The molecule has 0 radical (unpaired) electrons. The third kappa shape index (κ3) is 4.73. The number of Topliss-reactive ketones (excluding diaryl/α,β-unsaturated/α-hetero) is 1. The van der Waals surface area contributed by atoms with Gasteiger partial charge in [0.25, 0.3) is 0 Å². The van der Waals surface area contributed by atoms with E-state index in [1.54, 1.807) is 13.8 Å². The molecule has 0 aliphatic rings. The average molecular weight is 277 g/mol. The number of hydrogen-bond acceptors (Lipinski definition) is 3. The smallest absolute Gasteiger partial charge is 0.177 e. The van der Waals surface area contributed by atoms with Crippen molar-refractivity contribution >= 4 is 5.78 Å². The number of rotatable bonds is 6. The maximum absolute atomic E-state index is 12.5. The van der Waals surface area contributed by atoms with Crippen molar-refractivity contribution in [1.29, 1.82) is 0 Å². The largest absolute Gasteiger partial charge is 0.389 e. The van der Waals surface area contributed by atoms with Gasteiger partial charge in [-0.25, -0.2) is 0 Å². The van der Waals surface area contributed by atoms with E-state index in [4.69, 9.17) is 0 Å². The molecule has 112 valence electrons. The number of aryl methyl sites for hydroxylation is 3. The van der Waals surface area contributed by atoms with Crippen molar-refractivity contribution < 1.29 is 9.90 Å². The molecule has 1 N–H and O–H groups in total. The molecule has 0 bridgehead atoms. The van der Waals surface area contributed by atoms with Gasteiger partial charge in [-0.1, -0.05) is 24.6 Å². The predicted molar refractivity (Wildman–Crippen MR) is 83.4 cm³/mol. The maximum Gasteiger partial charge on any atom is 0.177 e. The number of hydrogen-bond donors (Lipinski definition) is 1. The molecule has 0 fully saturated rings. The van der Waals surface area contributed by atoms with Gasteiger partial charge in [0.05, 0.1) is 12.1 Å². The van der Waals surface area contributed by atoms with Gasteiger partial charge in [0.15, 0.2) is 5.78 Å². The van der Waals surface area contributed by atoms with E-state index in [-0.39, 0.29) is 5.78 Å². The molecule has 0 aliphatic heterocycles. The second kappa shape index (κ2) is 6.51. The molecule has 0 aromatic heterocycles. The lowest BCUT2D eigenvalue weighted by Gasteiger charge is -2.27. The lowest BCUT2D eigenvalue weighted by Crippen LogP contribution is -2.41. The first kappa shape index (κ1) is 16.9. The predicted octanol–water partition coefficient (Wildman–Crippen LogP) is 2.89. The van der Waals surface area contributed by atoms with Gasteiger partial charge in [0.1, 0.15) is 0 Å². The van der Waals surface area contributed by atoms with Gasteiger partial charge in [-0.2, -0.15) is 0 Å². The second-order valence-electron chi connectivity index (χ2n) is 6.31. The van der Waals surface area contributed by atoms with Gasteiger partial charge in [-0.05, 0) is 52.3 Å². The number of nitrogens with zero attached hydrogens (tertiary/aromatic N) is 1. The zero-order valence-corrected chi connectivity index (χ0v) is 13.6. The highest BCUT2D eigenvalue weighted by atomic mass is 16.3. The average Bonchev–Trinajstić information content (AvgIpc) is 2.24. The van der Waals surface area contributed by atoms with Crippen LogP contribution >= 0.6 is 0 Å². The molecule has 0 heterocycles. The van der Waals surface area contributed by atoms with Gasteiger partial charge in [-0.3, -0.25) is 9.69 Å². The van der Waals surface area contributed by atoms with E-state index in [0.29, 0.717) is 13.1 Å². The van der Waals surface area contributed by atoms with Crippen LogP contribution in [0.2, 0.25) is 0 Å². The topological polar surface area (TPSA) is 40.5 Å². The summed E-state index contributed by atoms with van der Waals surface area (Å²) in [6.07, 6.45) is 0. The van der Waals surface area contributed by atoms with E-state index in [2.05, 4.69) is 0 Å². The zero-order valence-electron chi connectivity index (χ0n) is 13.6. The van der Waals surface area contributed by atoms with Crippen LogP contribution in [-0.4, -0.2) is 41.0 Å². The number of aliphatic hydroxyl groups is 1. The van der Waals surface area contributed by atoms with Crippen LogP contribution in [-0.2, 0) is 0 Å². The Bertz CT molecular complexity index is 463. The molecule has 0 unspecified atom stereocenters. The summed E-state index contributed by atoms with van der Waals surface area (Å²) in [4.78, 5) is 14.5. The van der Waals surface area contributed by atoms with Gasteiger partial charge in [0.2, 0.25) is 0 Å². The van der Waals surface area contributed by atoms with Crippen LogP contribution < -0.4 is 0 Å². The molecule has 1 aromatic rings. The Balaban J connectivity index is 2.91. The van der Waals surface area contributed by atoms with Crippen molar-refractivity contribution in [3.8, 4) is 0 Å². The van der Waals surface area contributed by atoms with E-state index < -0.39 is 5.60 Å². The summed E-state index contributed by atoms with van der Waals surface area (Å²) < 4.78 is 0. The molecule has 1 aromatic carbocycles. The molecule has 0 saturated heterocycles. The zero-order chi connectivity index (χ0) is 15.5. The number of carbonyl (C=O) groups excluding carboxylic acids is 1. The Hall–Kier alpha value is -1.19. The molecule has 20 heavy (non-hydrogen) atoms. The molecular formula is C17H27NO2. The third-order valence-corrected chi connectivity index (χ3v) is 3.38. The Labute approximate surface area is 122 Å². The highest BCUT2D eigenvalue weighted by Crippen LogP contribution is 2.18. The summed E-state index contributed by atoms with van der Waals surface area (Å²) in [5.41, 5.74) is 3.29. The molecule has 0 amide bonds. The first-order valence-corrected chi connectivity index (χ1v) is 7.20. The fourth-order valence-corrected chi connectivity index (χ4v) is 2.73. The SMILES string of the molecule is CCN(CC(=O)c1c(C)cc(C)cc1C)CC(C)(C)O.